The fraction of sp³-hybridized carbons (Fsp3) is 0.333. The van der Waals surface area contributed by atoms with Crippen molar-refractivity contribution in [3.8, 4) is 11.3 Å². The number of hydrogen-bond acceptors (Lipinski definition) is 6. The number of carbonyl (C=O) groups excluding carboxylic acids is 1. The average Bonchev–Trinajstić information content (AvgIpc) is 3.31. The number of nitrogens with one attached hydrogen (secondary N) is 1. The van der Waals surface area contributed by atoms with Crippen LogP contribution in [0.25, 0.3) is 27.9 Å². The molecule has 3 N–H and O–H groups in total. The molecule has 0 saturated heterocycles. The molecule has 9 nitrogen and oxygen atoms in total. The van der Waals surface area contributed by atoms with E-state index in [9.17, 15) is 4.79 Å². The Balaban J connectivity index is 1.66. The van der Waals surface area contributed by atoms with Gasteiger partial charge in [-0.3, -0.25) is 4.79 Å². The van der Waals surface area contributed by atoms with Crippen LogP contribution >= 0.6 is 0 Å². The van der Waals surface area contributed by atoms with Gasteiger partial charge in [-0.2, -0.15) is 9.61 Å². The molecule has 30 heavy (non-hydrogen) atoms. The molecule has 1 aliphatic carbocycles. The van der Waals surface area contributed by atoms with E-state index in [-0.39, 0.29) is 5.56 Å². The number of aromatic nitrogens is 5. The van der Waals surface area contributed by atoms with Crippen LogP contribution < -0.4 is 11.1 Å². The topological polar surface area (TPSA) is 112 Å². The molecule has 4 heterocycles. The lowest BCUT2D eigenvalue weighted by molar-refractivity contribution is 0.0791. The number of carbonyl (C=O) groups is 1. The molecule has 0 bridgehead atoms. The fourth-order valence-electron chi connectivity index (χ4n) is 4.32. The summed E-state index contributed by atoms with van der Waals surface area (Å²) in [6, 6.07) is 6.29. The van der Waals surface area contributed by atoms with E-state index in [2.05, 4.69) is 32.2 Å². The van der Waals surface area contributed by atoms with Crippen LogP contribution in [0.2, 0.25) is 0 Å². The van der Waals surface area contributed by atoms with E-state index in [1.54, 1.807) is 18.7 Å². The van der Waals surface area contributed by atoms with Gasteiger partial charge in [-0.25, -0.2) is 9.97 Å². The first-order valence-electron chi connectivity index (χ1n) is 9.92. The van der Waals surface area contributed by atoms with Crippen molar-refractivity contribution in [1.82, 2.24) is 24.1 Å². The van der Waals surface area contributed by atoms with Crippen LogP contribution in [-0.4, -0.2) is 50.8 Å². The molecule has 5 rings (SSSR count). The van der Waals surface area contributed by atoms with Crippen LogP contribution in [0, 0.1) is 5.92 Å². The number of rotatable bonds is 6. The van der Waals surface area contributed by atoms with E-state index in [1.807, 2.05) is 18.3 Å². The molecule has 1 saturated carbocycles. The minimum absolute atomic E-state index is 0.289. The molecule has 0 aromatic carbocycles. The summed E-state index contributed by atoms with van der Waals surface area (Å²) in [5.41, 5.74) is 8.87. The number of ether oxygens (including phenoxy) is 1. The third kappa shape index (κ3) is 2.81. The van der Waals surface area contributed by atoms with E-state index in [0.29, 0.717) is 17.6 Å². The summed E-state index contributed by atoms with van der Waals surface area (Å²) in [6.07, 6.45) is 7.51. The van der Waals surface area contributed by atoms with E-state index in [4.69, 9.17) is 15.5 Å². The highest BCUT2D eigenvalue weighted by Gasteiger charge is 2.32. The number of nitrogens with two attached hydrogens (primary N) is 1. The Hall–Kier alpha value is -3.46. The highest BCUT2D eigenvalue weighted by molar-refractivity contribution is 6.00. The number of methoxy groups -OCH3 is 1. The van der Waals surface area contributed by atoms with Gasteiger partial charge >= 0.3 is 0 Å². The van der Waals surface area contributed by atoms with Gasteiger partial charge in [-0.15, -0.1) is 0 Å². The van der Waals surface area contributed by atoms with Crippen LogP contribution in [0.1, 0.15) is 29.2 Å². The van der Waals surface area contributed by atoms with Crippen molar-refractivity contribution < 1.29 is 9.53 Å². The van der Waals surface area contributed by atoms with Gasteiger partial charge in [0.25, 0.3) is 5.91 Å². The van der Waals surface area contributed by atoms with Crippen molar-refractivity contribution in [3.05, 3.63) is 42.4 Å². The summed E-state index contributed by atoms with van der Waals surface area (Å²) in [4.78, 5) is 21.2. The van der Waals surface area contributed by atoms with Gasteiger partial charge in [0.2, 0.25) is 0 Å². The third-order valence-corrected chi connectivity index (χ3v) is 5.87. The second-order valence-corrected chi connectivity index (χ2v) is 7.71. The Morgan fingerprint density at radius 2 is 2.20 bits per heavy atom. The van der Waals surface area contributed by atoms with Crippen molar-refractivity contribution in [1.29, 1.82) is 0 Å². The quantitative estimate of drug-likeness (QED) is 0.510. The van der Waals surface area contributed by atoms with Gasteiger partial charge in [-0.1, -0.05) is 0 Å². The van der Waals surface area contributed by atoms with E-state index >= 15 is 0 Å². The SMILES string of the molecule is CNc1cc(-c2cn(C3CC(COC)C3)c3ncccc23)nc2c(C(N)=O)cnn12. The molecule has 4 aromatic rings. The Kier molecular flexibility index (Phi) is 4.39. The number of nitrogens with zero attached hydrogens (tertiary/aromatic N) is 5. The second-order valence-electron chi connectivity index (χ2n) is 7.71. The largest absolute Gasteiger partial charge is 0.384 e. The smallest absolute Gasteiger partial charge is 0.254 e. The number of hydrogen-bond donors (Lipinski definition) is 2. The van der Waals surface area contributed by atoms with Crippen LogP contribution in [-0.2, 0) is 4.74 Å². The maximum Gasteiger partial charge on any atom is 0.254 e. The van der Waals surface area contributed by atoms with Crippen molar-refractivity contribution in [2.75, 3.05) is 26.1 Å². The summed E-state index contributed by atoms with van der Waals surface area (Å²) in [5.74, 6) is 0.746. The highest BCUT2D eigenvalue weighted by atomic mass is 16.5. The molecule has 4 aromatic heterocycles. The van der Waals surface area contributed by atoms with Crippen LogP contribution in [0.4, 0.5) is 5.82 Å². The van der Waals surface area contributed by atoms with E-state index < -0.39 is 5.91 Å². The molecule has 154 valence electrons. The lowest BCUT2D eigenvalue weighted by atomic mass is 9.80. The summed E-state index contributed by atoms with van der Waals surface area (Å²) >= 11 is 0. The van der Waals surface area contributed by atoms with Gasteiger partial charge < -0.3 is 20.4 Å². The second kappa shape index (κ2) is 7.10. The first kappa shape index (κ1) is 18.6. The maximum atomic E-state index is 11.8. The number of fused-ring (bicyclic) bond motifs is 2. The molecular formula is C21H23N7O2. The van der Waals surface area contributed by atoms with Gasteiger partial charge in [0.1, 0.15) is 17.0 Å². The monoisotopic (exact) mass is 405 g/mol. The van der Waals surface area contributed by atoms with Crippen LogP contribution in [0.3, 0.4) is 0 Å². The molecule has 0 spiro atoms. The summed E-state index contributed by atoms with van der Waals surface area (Å²) in [5, 5.41) is 8.40. The Morgan fingerprint density at radius 3 is 2.93 bits per heavy atom. The molecule has 1 amide bonds. The predicted molar refractivity (Wildman–Crippen MR) is 113 cm³/mol. The summed E-state index contributed by atoms with van der Waals surface area (Å²) in [7, 11) is 3.55. The number of anilines is 1. The minimum atomic E-state index is -0.556. The first-order chi connectivity index (χ1) is 14.6. The van der Waals surface area contributed by atoms with Crippen LogP contribution in [0.5, 0.6) is 0 Å². The zero-order chi connectivity index (χ0) is 20.8. The minimum Gasteiger partial charge on any atom is -0.384 e. The van der Waals surface area contributed by atoms with Crippen molar-refractivity contribution in [3.63, 3.8) is 0 Å². The molecular weight excluding hydrogens is 382 g/mol. The molecule has 0 atom stereocenters. The van der Waals surface area contributed by atoms with Gasteiger partial charge in [0, 0.05) is 56.2 Å². The van der Waals surface area contributed by atoms with Crippen LogP contribution in [0.15, 0.2) is 36.8 Å². The Morgan fingerprint density at radius 1 is 1.37 bits per heavy atom. The van der Waals surface area contributed by atoms with E-state index in [1.165, 1.54) is 6.20 Å². The van der Waals surface area contributed by atoms with Gasteiger partial charge in [0.05, 0.1) is 11.9 Å². The molecule has 1 aliphatic rings. The van der Waals surface area contributed by atoms with Crippen molar-refractivity contribution >= 4 is 28.4 Å². The maximum absolute atomic E-state index is 11.8. The summed E-state index contributed by atoms with van der Waals surface area (Å²) < 4.78 is 9.12. The lowest BCUT2D eigenvalue weighted by Gasteiger charge is -2.36. The third-order valence-electron chi connectivity index (χ3n) is 5.87. The number of amides is 1. The zero-order valence-corrected chi connectivity index (χ0v) is 16.9. The molecule has 1 fully saturated rings. The number of pyridine rings is 1. The number of primary amides is 1. The molecule has 0 radical (unpaired) electrons. The zero-order valence-electron chi connectivity index (χ0n) is 16.9. The van der Waals surface area contributed by atoms with Crippen molar-refractivity contribution in [2.24, 2.45) is 11.7 Å². The normalized spacial score (nSPS) is 18.6. The summed E-state index contributed by atoms with van der Waals surface area (Å²) in [6.45, 7) is 0.789. The molecule has 9 heteroatoms. The van der Waals surface area contributed by atoms with E-state index in [0.717, 1.165) is 47.6 Å². The Labute approximate surface area is 172 Å². The fourth-order valence-corrected chi connectivity index (χ4v) is 4.32. The highest BCUT2D eigenvalue weighted by Crippen LogP contribution is 2.42. The lowest BCUT2D eigenvalue weighted by Crippen LogP contribution is -2.29. The molecule has 0 aliphatic heterocycles. The van der Waals surface area contributed by atoms with Gasteiger partial charge in [-0.05, 0) is 30.9 Å². The molecule has 0 unspecified atom stereocenters. The predicted octanol–water partition coefficient (Wildman–Crippen LogP) is 2.48. The van der Waals surface area contributed by atoms with Crippen molar-refractivity contribution in [2.45, 2.75) is 18.9 Å². The Bertz CT molecular complexity index is 1250. The average molecular weight is 405 g/mol. The first-order valence-corrected chi connectivity index (χ1v) is 9.92. The standard InChI is InChI=1S/C21H23N7O2/c1-23-18-8-17(26-21-15(19(22)29)9-25-28(18)21)16-10-27(13-6-12(7-13)11-30-2)20-14(16)4-3-5-24-20/h3-5,8-10,12-13,23H,6-7,11H2,1-2H3,(H2,22,29). The van der Waals surface area contributed by atoms with Gasteiger partial charge in [0.15, 0.2) is 5.65 Å².